The molecule has 1 aliphatic rings. The molecule has 2 N–H and O–H groups in total. The van der Waals surface area contributed by atoms with Crippen LogP contribution in [-0.4, -0.2) is 40.0 Å². The number of piperidine rings is 1. The first-order chi connectivity index (χ1) is 10.2. The summed E-state index contributed by atoms with van der Waals surface area (Å²) >= 11 is 0. The number of pyridine rings is 1. The van der Waals surface area contributed by atoms with E-state index in [0.717, 1.165) is 6.07 Å². The van der Waals surface area contributed by atoms with Crippen molar-refractivity contribution in [2.45, 2.75) is 19.0 Å². The van der Waals surface area contributed by atoms with Crippen LogP contribution >= 0.6 is 0 Å². The molecule has 120 valence electrons. The second kappa shape index (κ2) is 5.82. The Morgan fingerprint density at radius 2 is 2.00 bits per heavy atom. The summed E-state index contributed by atoms with van der Waals surface area (Å²) in [5, 5.41) is 8.96. The summed E-state index contributed by atoms with van der Waals surface area (Å²) < 4.78 is 37.4. The topological polar surface area (TPSA) is 90.5 Å². The largest absolute Gasteiger partial charge is 0.481 e. The highest BCUT2D eigenvalue weighted by atomic mass is 19.4. The standard InChI is InChI=1S/C13H13F3N2O4/c14-13(15,16)9-4-3-8(10(19)17-9)11(20)18-5-1-2-7(6-18)12(21)22/h3-4,7H,1-2,5-6H2,(H,17,19)(H,21,22). The number of nitrogens with one attached hydrogen (secondary N) is 1. The molecule has 0 bridgehead atoms. The Morgan fingerprint density at radius 3 is 2.55 bits per heavy atom. The smallest absolute Gasteiger partial charge is 0.431 e. The van der Waals surface area contributed by atoms with Crippen molar-refractivity contribution in [1.82, 2.24) is 9.88 Å². The van der Waals surface area contributed by atoms with Crippen LogP contribution in [0.4, 0.5) is 13.2 Å². The molecule has 22 heavy (non-hydrogen) atoms. The van der Waals surface area contributed by atoms with E-state index in [4.69, 9.17) is 5.11 Å². The molecule has 0 spiro atoms. The first kappa shape index (κ1) is 16.1. The molecule has 1 amide bonds. The first-order valence-corrected chi connectivity index (χ1v) is 6.52. The summed E-state index contributed by atoms with van der Waals surface area (Å²) in [6.45, 7) is 0.206. The number of aromatic amines is 1. The molecule has 0 aromatic carbocycles. The van der Waals surface area contributed by atoms with Crippen LogP contribution in [0.3, 0.4) is 0 Å². The Bertz CT molecular complexity index is 653. The van der Waals surface area contributed by atoms with Crippen LogP contribution in [0.1, 0.15) is 28.9 Å². The number of aromatic nitrogens is 1. The Labute approximate surface area is 122 Å². The van der Waals surface area contributed by atoms with E-state index in [0.29, 0.717) is 18.9 Å². The number of amides is 1. The van der Waals surface area contributed by atoms with Gasteiger partial charge in [0, 0.05) is 13.1 Å². The van der Waals surface area contributed by atoms with Crippen molar-refractivity contribution >= 4 is 11.9 Å². The minimum absolute atomic E-state index is 0.0609. The van der Waals surface area contributed by atoms with Crippen molar-refractivity contribution in [3.8, 4) is 0 Å². The Hall–Kier alpha value is -2.32. The number of carboxylic acid groups (broad SMARTS) is 1. The Morgan fingerprint density at radius 1 is 1.32 bits per heavy atom. The molecule has 0 aliphatic carbocycles. The van der Waals surface area contributed by atoms with Gasteiger partial charge in [0.15, 0.2) is 0 Å². The Balaban J connectivity index is 2.23. The van der Waals surface area contributed by atoms with Crippen LogP contribution in [0.2, 0.25) is 0 Å². The predicted octanol–water partition coefficient (Wildman–Crippen LogP) is 1.33. The van der Waals surface area contributed by atoms with Gasteiger partial charge in [-0.05, 0) is 25.0 Å². The number of nitrogens with zero attached hydrogens (tertiary/aromatic N) is 1. The van der Waals surface area contributed by atoms with Gasteiger partial charge in [0.2, 0.25) is 0 Å². The molecule has 1 aromatic heterocycles. The van der Waals surface area contributed by atoms with Gasteiger partial charge in [0.25, 0.3) is 11.5 Å². The average molecular weight is 318 g/mol. The van der Waals surface area contributed by atoms with Gasteiger partial charge in [0.1, 0.15) is 11.3 Å². The van der Waals surface area contributed by atoms with E-state index in [-0.39, 0.29) is 13.1 Å². The molecular weight excluding hydrogens is 305 g/mol. The average Bonchev–Trinajstić information content (AvgIpc) is 2.45. The predicted molar refractivity (Wildman–Crippen MR) is 68.3 cm³/mol. The molecule has 1 fully saturated rings. The number of carboxylic acids is 1. The maximum atomic E-state index is 12.5. The highest BCUT2D eigenvalue weighted by Crippen LogP contribution is 2.26. The van der Waals surface area contributed by atoms with Gasteiger partial charge in [0.05, 0.1) is 5.92 Å². The number of carbonyl (C=O) groups excluding carboxylic acids is 1. The highest BCUT2D eigenvalue weighted by molar-refractivity contribution is 5.94. The monoisotopic (exact) mass is 318 g/mol. The van der Waals surface area contributed by atoms with Crippen LogP contribution in [0, 0.1) is 5.92 Å². The lowest BCUT2D eigenvalue weighted by atomic mass is 9.98. The third kappa shape index (κ3) is 3.29. The summed E-state index contributed by atoms with van der Waals surface area (Å²) in [6.07, 6.45) is -3.83. The van der Waals surface area contributed by atoms with E-state index in [1.807, 2.05) is 0 Å². The van der Waals surface area contributed by atoms with E-state index < -0.39 is 40.8 Å². The number of carbonyl (C=O) groups is 2. The van der Waals surface area contributed by atoms with E-state index >= 15 is 0 Å². The molecule has 1 atom stereocenters. The van der Waals surface area contributed by atoms with Crippen molar-refractivity contribution in [1.29, 1.82) is 0 Å². The molecule has 1 aliphatic heterocycles. The zero-order valence-corrected chi connectivity index (χ0v) is 11.3. The molecule has 6 nitrogen and oxygen atoms in total. The number of hydrogen-bond donors (Lipinski definition) is 2. The van der Waals surface area contributed by atoms with Gasteiger partial charge >= 0.3 is 12.1 Å². The molecule has 1 unspecified atom stereocenters. The zero-order valence-electron chi connectivity index (χ0n) is 11.3. The van der Waals surface area contributed by atoms with Crippen molar-refractivity contribution in [3.63, 3.8) is 0 Å². The van der Waals surface area contributed by atoms with Crippen molar-refractivity contribution in [3.05, 3.63) is 33.7 Å². The summed E-state index contributed by atoms with van der Waals surface area (Å²) in [5.41, 5.74) is -2.81. The SMILES string of the molecule is O=C(O)C1CCCN(C(=O)c2ccc(C(F)(F)F)[nH]c2=O)C1. The molecule has 2 rings (SSSR count). The van der Waals surface area contributed by atoms with Gasteiger partial charge in [-0.25, -0.2) is 0 Å². The van der Waals surface area contributed by atoms with Crippen LogP contribution in [-0.2, 0) is 11.0 Å². The fourth-order valence-corrected chi connectivity index (χ4v) is 2.34. The number of halogens is 3. The third-order valence-corrected chi connectivity index (χ3v) is 3.50. The second-order valence-electron chi connectivity index (χ2n) is 5.04. The lowest BCUT2D eigenvalue weighted by molar-refractivity contribution is -0.143. The lowest BCUT2D eigenvalue weighted by Gasteiger charge is -2.30. The molecule has 1 saturated heterocycles. The van der Waals surface area contributed by atoms with E-state index in [9.17, 15) is 27.6 Å². The maximum Gasteiger partial charge on any atom is 0.431 e. The van der Waals surface area contributed by atoms with Crippen LogP contribution in [0.25, 0.3) is 0 Å². The highest BCUT2D eigenvalue weighted by Gasteiger charge is 2.33. The number of H-pyrrole nitrogens is 1. The minimum Gasteiger partial charge on any atom is -0.481 e. The Kier molecular flexibility index (Phi) is 4.25. The van der Waals surface area contributed by atoms with Crippen molar-refractivity contribution in [2.24, 2.45) is 5.92 Å². The summed E-state index contributed by atoms with van der Waals surface area (Å²) in [6, 6.07) is 1.43. The molecule has 2 heterocycles. The fraction of sp³-hybridized carbons (Fsp3) is 0.462. The number of hydrogen-bond acceptors (Lipinski definition) is 3. The molecular formula is C13H13F3N2O4. The van der Waals surface area contributed by atoms with Gasteiger partial charge < -0.3 is 15.0 Å². The van der Waals surface area contributed by atoms with Gasteiger partial charge in [-0.3, -0.25) is 14.4 Å². The van der Waals surface area contributed by atoms with Crippen LogP contribution in [0.5, 0.6) is 0 Å². The third-order valence-electron chi connectivity index (χ3n) is 3.50. The molecule has 1 aromatic rings. The van der Waals surface area contributed by atoms with Crippen molar-refractivity contribution in [2.75, 3.05) is 13.1 Å². The van der Waals surface area contributed by atoms with E-state index in [1.165, 1.54) is 4.90 Å². The van der Waals surface area contributed by atoms with Crippen LogP contribution in [0.15, 0.2) is 16.9 Å². The van der Waals surface area contributed by atoms with E-state index in [2.05, 4.69) is 0 Å². The number of likely N-dealkylation sites (tertiary alicyclic amines) is 1. The quantitative estimate of drug-likeness (QED) is 0.861. The summed E-state index contributed by atoms with van der Waals surface area (Å²) in [7, 11) is 0. The first-order valence-electron chi connectivity index (χ1n) is 6.52. The minimum atomic E-state index is -4.71. The lowest BCUT2D eigenvalue weighted by Crippen LogP contribution is -2.44. The van der Waals surface area contributed by atoms with E-state index in [1.54, 1.807) is 4.98 Å². The van der Waals surface area contributed by atoms with Gasteiger partial charge in [-0.15, -0.1) is 0 Å². The van der Waals surface area contributed by atoms with Crippen molar-refractivity contribution < 1.29 is 27.9 Å². The fourth-order valence-electron chi connectivity index (χ4n) is 2.34. The normalized spacial score (nSPS) is 19.0. The molecule has 9 heteroatoms. The number of rotatable bonds is 2. The van der Waals surface area contributed by atoms with Gasteiger partial charge in [-0.1, -0.05) is 0 Å². The van der Waals surface area contributed by atoms with Gasteiger partial charge in [-0.2, -0.15) is 13.2 Å². The van der Waals surface area contributed by atoms with Crippen LogP contribution < -0.4 is 5.56 Å². The zero-order chi connectivity index (χ0) is 16.5. The summed E-state index contributed by atoms with van der Waals surface area (Å²) in [5.74, 6) is -2.54. The number of alkyl halides is 3. The molecule has 0 saturated carbocycles. The maximum absolute atomic E-state index is 12.5. The number of aliphatic carboxylic acids is 1. The summed E-state index contributed by atoms with van der Waals surface area (Å²) in [4.78, 5) is 37.6. The second-order valence-corrected chi connectivity index (χ2v) is 5.04. The molecule has 0 radical (unpaired) electrons.